The van der Waals surface area contributed by atoms with E-state index in [4.69, 9.17) is 21.1 Å². The summed E-state index contributed by atoms with van der Waals surface area (Å²) in [6.07, 6.45) is -0.638. The fraction of sp³-hybridized carbons (Fsp3) is 0.667. The van der Waals surface area contributed by atoms with Gasteiger partial charge in [-0.1, -0.05) is 13.8 Å². The van der Waals surface area contributed by atoms with Gasteiger partial charge in [0.25, 0.3) is 0 Å². The van der Waals surface area contributed by atoms with Crippen molar-refractivity contribution in [2.45, 2.75) is 44.8 Å². The van der Waals surface area contributed by atoms with Crippen LogP contribution < -0.4 is 21.7 Å². The van der Waals surface area contributed by atoms with Gasteiger partial charge in [0.1, 0.15) is 12.1 Å². The lowest BCUT2D eigenvalue weighted by molar-refractivity contribution is -0.142. The van der Waals surface area contributed by atoms with Crippen molar-refractivity contribution in [3.05, 3.63) is 0 Å². The maximum atomic E-state index is 12.2. The highest BCUT2D eigenvalue weighted by atomic mass is 16.4. The van der Waals surface area contributed by atoms with Crippen LogP contribution in [0.1, 0.15) is 26.7 Å². The largest absolute Gasteiger partial charge is 0.481 e. The number of aliphatic hydroxyl groups excluding tert-OH is 1. The van der Waals surface area contributed by atoms with Crippen LogP contribution in [0.3, 0.4) is 0 Å². The molecule has 0 radical (unpaired) electrons. The molecule has 27 heavy (non-hydrogen) atoms. The number of rotatable bonds is 12. The number of aliphatic hydroxyl groups is 1. The lowest BCUT2D eigenvalue weighted by Gasteiger charge is -2.22. The summed E-state index contributed by atoms with van der Waals surface area (Å²) in [5.74, 6) is -5.21. The molecule has 0 saturated heterocycles. The Hall–Kier alpha value is -2.73. The maximum Gasteiger partial charge on any atom is 0.328 e. The van der Waals surface area contributed by atoms with Crippen LogP contribution >= 0.6 is 0 Å². The van der Waals surface area contributed by atoms with E-state index in [0.717, 1.165) is 0 Å². The van der Waals surface area contributed by atoms with Crippen molar-refractivity contribution in [1.29, 1.82) is 0 Å². The third-order valence-electron chi connectivity index (χ3n) is 3.54. The number of carboxylic acids is 2. The Morgan fingerprint density at radius 1 is 0.963 bits per heavy atom. The topological polar surface area (TPSA) is 208 Å². The first kappa shape index (κ1) is 24.3. The standard InChI is InChI=1S/C15H26N4O8/c1-7(2)12(16)14(25)19-8(3-4-11(22)23)13(24)17-5-10(21)18-9(6-20)15(26)27/h7-9,12,20H,3-6,16H2,1-2H3,(H,17,24)(H,18,21)(H,19,25)(H,22,23)(H,26,27). The third kappa shape index (κ3) is 9.51. The molecule has 12 heteroatoms. The van der Waals surface area contributed by atoms with E-state index >= 15 is 0 Å². The lowest BCUT2D eigenvalue weighted by Crippen LogP contribution is -2.54. The highest BCUT2D eigenvalue weighted by Crippen LogP contribution is 2.02. The summed E-state index contributed by atoms with van der Waals surface area (Å²) in [4.78, 5) is 57.3. The summed E-state index contributed by atoms with van der Waals surface area (Å²) in [7, 11) is 0. The molecule has 0 aliphatic heterocycles. The van der Waals surface area contributed by atoms with Gasteiger partial charge in [-0.15, -0.1) is 0 Å². The minimum absolute atomic E-state index is 0.217. The molecule has 0 saturated carbocycles. The van der Waals surface area contributed by atoms with Crippen LogP contribution in [0.15, 0.2) is 0 Å². The summed E-state index contributed by atoms with van der Waals surface area (Å²) in [6.45, 7) is 1.93. The van der Waals surface area contributed by atoms with Gasteiger partial charge in [-0.3, -0.25) is 19.2 Å². The normalized spacial score (nSPS) is 14.0. The first-order valence-corrected chi connectivity index (χ1v) is 8.18. The average molecular weight is 390 g/mol. The molecule has 0 aromatic rings. The molecule has 8 N–H and O–H groups in total. The zero-order valence-corrected chi connectivity index (χ0v) is 15.1. The van der Waals surface area contributed by atoms with Crippen LogP contribution in [-0.4, -0.2) is 76.3 Å². The molecule has 0 heterocycles. The van der Waals surface area contributed by atoms with Crippen LogP contribution in [0.2, 0.25) is 0 Å². The molecule has 0 rings (SSSR count). The maximum absolute atomic E-state index is 12.2. The van der Waals surface area contributed by atoms with Gasteiger partial charge in [0.05, 0.1) is 19.2 Å². The van der Waals surface area contributed by atoms with E-state index in [0.29, 0.717) is 0 Å². The van der Waals surface area contributed by atoms with Gasteiger partial charge in [-0.05, 0) is 12.3 Å². The predicted molar refractivity (Wildman–Crippen MR) is 91.3 cm³/mol. The van der Waals surface area contributed by atoms with E-state index in [1.54, 1.807) is 13.8 Å². The van der Waals surface area contributed by atoms with Crippen LogP contribution in [0, 0.1) is 5.92 Å². The molecular weight excluding hydrogens is 364 g/mol. The van der Waals surface area contributed by atoms with Crippen molar-refractivity contribution in [1.82, 2.24) is 16.0 Å². The molecule has 154 valence electrons. The molecule has 0 aliphatic rings. The minimum Gasteiger partial charge on any atom is -0.481 e. The van der Waals surface area contributed by atoms with Crippen LogP contribution in [-0.2, 0) is 24.0 Å². The number of hydrogen-bond donors (Lipinski definition) is 7. The quantitative estimate of drug-likeness (QED) is 0.181. The zero-order valence-electron chi connectivity index (χ0n) is 15.1. The molecule has 12 nitrogen and oxygen atoms in total. The number of nitrogens with two attached hydrogens (primary N) is 1. The van der Waals surface area contributed by atoms with Crippen molar-refractivity contribution in [3.63, 3.8) is 0 Å². The van der Waals surface area contributed by atoms with E-state index < -0.39 is 67.4 Å². The van der Waals surface area contributed by atoms with Gasteiger partial charge in [0, 0.05) is 6.42 Å². The SMILES string of the molecule is CC(C)C(N)C(=O)NC(CCC(=O)O)C(=O)NCC(=O)NC(CO)C(=O)O. The number of hydrogen-bond acceptors (Lipinski definition) is 7. The van der Waals surface area contributed by atoms with E-state index in [2.05, 4.69) is 10.6 Å². The molecule has 0 aliphatic carbocycles. The average Bonchev–Trinajstić information content (AvgIpc) is 2.59. The summed E-state index contributed by atoms with van der Waals surface area (Å²) in [6, 6.07) is -3.67. The smallest absolute Gasteiger partial charge is 0.328 e. The molecule has 3 unspecified atom stereocenters. The van der Waals surface area contributed by atoms with Gasteiger partial charge < -0.3 is 37.0 Å². The van der Waals surface area contributed by atoms with Crippen molar-refractivity contribution in [2.24, 2.45) is 11.7 Å². The van der Waals surface area contributed by atoms with Crippen LogP contribution in [0.4, 0.5) is 0 Å². The minimum atomic E-state index is -1.53. The van der Waals surface area contributed by atoms with Crippen molar-refractivity contribution < 1.29 is 39.3 Å². The van der Waals surface area contributed by atoms with Crippen molar-refractivity contribution in [2.75, 3.05) is 13.2 Å². The van der Waals surface area contributed by atoms with Gasteiger partial charge in [0.2, 0.25) is 17.7 Å². The molecule has 0 aromatic carbocycles. The van der Waals surface area contributed by atoms with Gasteiger partial charge in [-0.2, -0.15) is 0 Å². The molecule has 0 fully saturated rings. The Bertz CT molecular complexity index is 566. The van der Waals surface area contributed by atoms with Crippen LogP contribution in [0.25, 0.3) is 0 Å². The Kier molecular flexibility index (Phi) is 10.6. The zero-order chi connectivity index (χ0) is 21.1. The summed E-state index contributed by atoms with van der Waals surface area (Å²) >= 11 is 0. The highest BCUT2D eigenvalue weighted by molar-refractivity contribution is 5.92. The number of aliphatic carboxylic acids is 2. The van der Waals surface area contributed by atoms with Gasteiger partial charge in [-0.25, -0.2) is 4.79 Å². The summed E-state index contributed by atoms with van der Waals surface area (Å²) in [5, 5.41) is 32.8. The van der Waals surface area contributed by atoms with E-state index in [9.17, 15) is 24.0 Å². The Balaban J connectivity index is 4.83. The first-order chi connectivity index (χ1) is 12.5. The number of amides is 3. The summed E-state index contributed by atoms with van der Waals surface area (Å²) in [5.41, 5.74) is 5.68. The fourth-order valence-electron chi connectivity index (χ4n) is 1.83. The molecule has 0 bridgehead atoms. The Morgan fingerprint density at radius 3 is 2.00 bits per heavy atom. The highest BCUT2D eigenvalue weighted by Gasteiger charge is 2.26. The van der Waals surface area contributed by atoms with Gasteiger partial charge >= 0.3 is 11.9 Å². The monoisotopic (exact) mass is 390 g/mol. The number of carbonyl (C=O) groups is 5. The molecular formula is C15H26N4O8. The Labute approximate surface area is 155 Å². The summed E-state index contributed by atoms with van der Waals surface area (Å²) < 4.78 is 0. The van der Waals surface area contributed by atoms with Crippen LogP contribution in [0.5, 0.6) is 0 Å². The predicted octanol–water partition coefficient (Wildman–Crippen LogP) is -3.00. The molecule has 0 aromatic heterocycles. The third-order valence-corrected chi connectivity index (χ3v) is 3.54. The number of carbonyl (C=O) groups excluding carboxylic acids is 3. The first-order valence-electron chi connectivity index (χ1n) is 8.18. The van der Waals surface area contributed by atoms with Gasteiger partial charge in [0.15, 0.2) is 0 Å². The second-order valence-electron chi connectivity index (χ2n) is 6.12. The van der Waals surface area contributed by atoms with Crippen molar-refractivity contribution >= 4 is 29.7 Å². The Morgan fingerprint density at radius 2 is 1.56 bits per heavy atom. The van der Waals surface area contributed by atoms with E-state index in [1.807, 2.05) is 5.32 Å². The number of carboxylic acid groups (broad SMARTS) is 2. The second kappa shape index (κ2) is 11.8. The second-order valence-corrected chi connectivity index (χ2v) is 6.12. The van der Waals surface area contributed by atoms with Crippen molar-refractivity contribution in [3.8, 4) is 0 Å². The molecule has 3 amide bonds. The van der Waals surface area contributed by atoms with E-state index in [1.165, 1.54) is 0 Å². The fourth-order valence-corrected chi connectivity index (χ4v) is 1.83. The lowest BCUT2D eigenvalue weighted by atomic mass is 10.0. The van der Waals surface area contributed by atoms with E-state index in [-0.39, 0.29) is 12.3 Å². The molecule has 3 atom stereocenters. The number of nitrogens with one attached hydrogen (secondary N) is 3. The molecule has 0 spiro atoms.